The van der Waals surface area contributed by atoms with Crippen LogP contribution in [0.1, 0.15) is 27.7 Å². The van der Waals surface area contributed by atoms with Crippen molar-refractivity contribution in [1.29, 1.82) is 0 Å². The van der Waals surface area contributed by atoms with Crippen molar-refractivity contribution in [1.82, 2.24) is 5.32 Å². The summed E-state index contributed by atoms with van der Waals surface area (Å²) in [7, 11) is 1.27. The summed E-state index contributed by atoms with van der Waals surface area (Å²) >= 11 is 0. The summed E-state index contributed by atoms with van der Waals surface area (Å²) in [5, 5.41) is 11.6. The smallest absolute Gasteiger partial charge is 0.329 e. The molecule has 4 N–H and O–H groups in total. The average Bonchev–Trinajstić information content (AvgIpc) is 2.15. The molecule has 0 aromatic heterocycles. The lowest BCUT2D eigenvalue weighted by atomic mass is 9.82. The number of aliphatic hydroxyl groups is 1. The number of halogens is 2. The third-order valence-electron chi connectivity index (χ3n) is 2.61. The van der Waals surface area contributed by atoms with Gasteiger partial charge in [-0.25, -0.2) is 0 Å². The summed E-state index contributed by atoms with van der Waals surface area (Å²) in [4.78, 5) is 0. The first-order valence-electron chi connectivity index (χ1n) is 5.27. The van der Waals surface area contributed by atoms with Crippen LogP contribution in [0.4, 0.5) is 8.78 Å². The number of hydrogen-bond acceptors (Lipinski definition) is 4. The molecule has 0 amide bonds. The summed E-state index contributed by atoms with van der Waals surface area (Å²) in [6.07, 6.45) is 1.09. The van der Waals surface area contributed by atoms with Gasteiger partial charge in [-0.05, 0) is 39.4 Å². The maximum atomic E-state index is 11.9. The summed E-state index contributed by atoms with van der Waals surface area (Å²) in [5.41, 5.74) is 3.82. The van der Waals surface area contributed by atoms with Crippen LogP contribution in [0.15, 0.2) is 11.7 Å². The van der Waals surface area contributed by atoms with Crippen LogP contribution >= 0.6 is 0 Å². The standard InChI is InChI=1S/C10H20BF2N2O2/c1-9(2,16)10(3,4)17-11-7(5-14)6-15-8(12)13/h6,8,15-16H,5,14H2,1-4H3/b7-6+. The van der Waals surface area contributed by atoms with E-state index in [4.69, 9.17) is 10.4 Å². The molecular weight excluding hydrogens is 229 g/mol. The largest absolute Gasteiger partial charge is 0.427 e. The molecule has 0 bridgehead atoms. The van der Waals surface area contributed by atoms with Crippen molar-refractivity contribution in [3.8, 4) is 0 Å². The van der Waals surface area contributed by atoms with Gasteiger partial charge in [0, 0.05) is 6.54 Å². The minimum Gasteiger partial charge on any atom is -0.427 e. The molecule has 0 rings (SSSR count). The summed E-state index contributed by atoms with van der Waals surface area (Å²) in [6.45, 7) is 4.00. The highest BCUT2D eigenvalue weighted by molar-refractivity contribution is 6.38. The first-order valence-corrected chi connectivity index (χ1v) is 5.27. The minimum absolute atomic E-state index is 0.0572. The molecule has 0 heterocycles. The van der Waals surface area contributed by atoms with Crippen LogP contribution in [0.2, 0.25) is 0 Å². The molecule has 0 aliphatic carbocycles. The molecule has 0 spiro atoms. The van der Waals surface area contributed by atoms with Crippen molar-refractivity contribution >= 4 is 7.48 Å². The van der Waals surface area contributed by atoms with Crippen LogP contribution < -0.4 is 11.1 Å². The Kier molecular flexibility index (Phi) is 6.08. The average molecular weight is 249 g/mol. The molecule has 0 aliphatic rings. The van der Waals surface area contributed by atoms with E-state index >= 15 is 0 Å². The predicted octanol–water partition coefficient (Wildman–Crippen LogP) is 0.784. The SMILES string of the molecule is CC(C)(O)C(C)(C)O[B]/C(=C/NC(F)F)CN. The van der Waals surface area contributed by atoms with Crippen LogP contribution in [0.5, 0.6) is 0 Å². The third-order valence-corrected chi connectivity index (χ3v) is 2.61. The lowest BCUT2D eigenvalue weighted by Crippen LogP contribution is -2.48. The van der Waals surface area contributed by atoms with Gasteiger partial charge < -0.3 is 20.8 Å². The maximum absolute atomic E-state index is 11.9. The number of rotatable bonds is 7. The Hall–Kier alpha value is -0.655. The number of hydrogen-bond donors (Lipinski definition) is 3. The fourth-order valence-corrected chi connectivity index (χ4v) is 0.678. The zero-order valence-corrected chi connectivity index (χ0v) is 10.6. The number of alkyl halides is 2. The highest BCUT2D eigenvalue weighted by Crippen LogP contribution is 2.24. The molecule has 1 radical (unpaired) electrons. The number of nitrogens with one attached hydrogen (secondary N) is 1. The molecule has 0 aliphatic heterocycles. The van der Waals surface area contributed by atoms with Gasteiger partial charge in [0.15, 0.2) is 0 Å². The fourth-order valence-electron chi connectivity index (χ4n) is 0.678. The van der Waals surface area contributed by atoms with E-state index in [1.54, 1.807) is 27.7 Å². The molecule has 0 unspecified atom stereocenters. The molecule has 0 saturated heterocycles. The molecule has 4 nitrogen and oxygen atoms in total. The van der Waals surface area contributed by atoms with Gasteiger partial charge in [0.05, 0.1) is 11.2 Å². The first kappa shape index (κ1) is 16.3. The van der Waals surface area contributed by atoms with E-state index in [2.05, 4.69) is 0 Å². The molecule has 99 valence electrons. The topological polar surface area (TPSA) is 67.5 Å². The molecule has 0 atom stereocenters. The van der Waals surface area contributed by atoms with Gasteiger partial charge in [0.1, 0.15) is 0 Å². The highest BCUT2D eigenvalue weighted by atomic mass is 19.3. The lowest BCUT2D eigenvalue weighted by Gasteiger charge is -2.37. The second kappa shape index (κ2) is 6.32. The molecule has 0 aromatic carbocycles. The van der Waals surface area contributed by atoms with E-state index in [9.17, 15) is 13.9 Å². The van der Waals surface area contributed by atoms with E-state index in [1.165, 1.54) is 7.48 Å². The van der Waals surface area contributed by atoms with E-state index in [-0.39, 0.29) is 6.54 Å². The Labute approximate surface area is 101 Å². The zero-order chi connectivity index (χ0) is 13.7. The van der Waals surface area contributed by atoms with Gasteiger partial charge in [-0.15, -0.1) is 0 Å². The summed E-state index contributed by atoms with van der Waals surface area (Å²) < 4.78 is 29.2. The van der Waals surface area contributed by atoms with Crippen molar-refractivity contribution in [3.63, 3.8) is 0 Å². The highest BCUT2D eigenvalue weighted by Gasteiger charge is 2.35. The molecule has 0 fully saturated rings. The van der Waals surface area contributed by atoms with Crippen LogP contribution in [0, 0.1) is 0 Å². The Bertz CT molecular complexity index is 266. The zero-order valence-electron chi connectivity index (χ0n) is 10.6. The van der Waals surface area contributed by atoms with E-state index in [1.807, 2.05) is 5.32 Å². The van der Waals surface area contributed by atoms with Crippen LogP contribution in [-0.2, 0) is 4.65 Å². The molecule has 0 aromatic rings. The van der Waals surface area contributed by atoms with Crippen LogP contribution in [0.25, 0.3) is 0 Å². The summed E-state index contributed by atoms with van der Waals surface area (Å²) in [6, 6.07) is 0. The van der Waals surface area contributed by atoms with Crippen molar-refractivity contribution in [2.45, 2.75) is 45.4 Å². The van der Waals surface area contributed by atoms with Gasteiger partial charge >= 0.3 is 14.0 Å². The second-order valence-electron chi connectivity index (χ2n) is 4.70. The van der Waals surface area contributed by atoms with Crippen LogP contribution in [-0.4, -0.2) is 36.9 Å². The number of nitrogens with two attached hydrogens (primary N) is 1. The maximum Gasteiger partial charge on any atom is 0.329 e. The van der Waals surface area contributed by atoms with Gasteiger partial charge in [-0.3, -0.25) is 0 Å². The molecular formula is C10H20BF2N2O2. The van der Waals surface area contributed by atoms with Crippen molar-refractivity contribution < 1.29 is 18.5 Å². The van der Waals surface area contributed by atoms with Crippen molar-refractivity contribution in [3.05, 3.63) is 11.7 Å². The first-order chi connectivity index (χ1) is 7.60. The molecule has 0 saturated carbocycles. The Morgan fingerprint density at radius 3 is 2.35 bits per heavy atom. The van der Waals surface area contributed by atoms with Crippen molar-refractivity contribution in [2.75, 3.05) is 6.54 Å². The van der Waals surface area contributed by atoms with E-state index < -0.39 is 17.8 Å². The normalized spacial score (nSPS) is 14.1. The fraction of sp³-hybridized carbons (Fsp3) is 0.800. The Morgan fingerprint density at radius 1 is 1.47 bits per heavy atom. The van der Waals surface area contributed by atoms with Gasteiger partial charge in [-0.1, -0.05) is 0 Å². The van der Waals surface area contributed by atoms with E-state index in [0.29, 0.717) is 5.47 Å². The minimum atomic E-state index is -2.65. The van der Waals surface area contributed by atoms with Gasteiger partial charge in [0.2, 0.25) is 0 Å². The quantitative estimate of drug-likeness (QED) is 0.461. The predicted molar refractivity (Wildman–Crippen MR) is 63.5 cm³/mol. The van der Waals surface area contributed by atoms with Gasteiger partial charge in [0.25, 0.3) is 0 Å². The van der Waals surface area contributed by atoms with Crippen molar-refractivity contribution in [2.24, 2.45) is 5.73 Å². The Balaban J connectivity index is 4.38. The van der Waals surface area contributed by atoms with Gasteiger partial charge in [-0.2, -0.15) is 8.78 Å². The molecule has 17 heavy (non-hydrogen) atoms. The van der Waals surface area contributed by atoms with Crippen LogP contribution in [0.3, 0.4) is 0 Å². The monoisotopic (exact) mass is 249 g/mol. The second-order valence-corrected chi connectivity index (χ2v) is 4.70. The molecule has 7 heteroatoms. The summed E-state index contributed by atoms with van der Waals surface area (Å²) in [5.74, 6) is 0. The van der Waals surface area contributed by atoms with E-state index in [0.717, 1.165) is 6.20 Å². The lowest BCUT2D eigenvalue weighted by molar-refractivity contribution is -0.0897. The Morgan fingerprint density at radius 2 is 2.00 bits per heavy atom. The third kappa shape index (κ3) is 6.00.